The van der Waals surface area contributed by atoms with Gasteiger partial charge in [0.1, 0.15) is 10.9 Å². The van der Waals surface area contributed by atoms with Crippen LogP contribution in [0.15, 0.2) is 23.3 Å². The molecule has 9 nitrogen and oxygen atoms in total. The number of aromatic nitrogens is 2. The van der Waals surface area contributed by atoms with Gasteiger partial charge in [-0.05, 0) is 30.7 Å². The molecule has 2 aromatic rings. The highest BCUT2D eigenvalue weighted by Crippen LogP contribution is 2.26. The van der Waals surface area contributed by atoms with E-state index in [9.17, 15) is 14.7 Å². The number of nitrogens with one attached hydrogen (secondary N) is 2. The Bertz CT molecular complexity index is 811. The van der Waals surface area contributed by atoms with Crippen LogP contribution in [0.3, 0.4) is 0 Å². The molecule has 0 spiro atoms. The summed E-state index contributed by atoms with van der Waals surface area (Å²) in [7, 11) is 0. The highest BCUT2D eigenvalue weighted by molar-refractivity contribution is 7.15. The van der Waals surface area contributed by atoms with Crippen molar-refractivity contribution in [1.29, 1.82) is 0 Å². The summed E-state index contributed by atoms with van der Waals surface area (Å²) < 4.78 is 5.22. The van der Waals surface area contributed by atoms with Crippen LogP contribution >= 0.6 is 22.9 Å². The third-order valence-corrected chi connectivity index (χ3v) is 3.91. The molecule has 1 aromatic carbocycles. The first kappa shape index (κ1) is 19.6. The number of rotatable bonds is 8. The van der Waals surface area contributed by atoms with Gasteiger partial charge in [-0.1, -0.05) is 11.3 Å². The molecule has 0 radical (unpaired) electrons. The van der Waals surface area contributed by atoms with Crippen molar-refractivity contribution in [3.8, 4) is 11.5 Å². The van der Waals surface area contributed by atoms with Crippen LogP contribution in [0.1, 0.15) is 17.5 Å². The number of alkyl halides is 1. The van der Waals surface area contributed by atoms with Crippen molar-refractivity contribution in [2.24, 2.45) is 5.10 Å². The van der Waals surface area contributed by atoms with Gasteiger partial charge in [0.15, 0.2) is 11.5 Å². The van der Waals surface area contributed by atoms with E-state index in [4.69, 9.17) is 16.3 Å². The zero-order chi connectivity index (χ0) is 18.9. The zero-order valence-corrected chi connectivity index (χ0v) is 15.3. The topological polar surface area (TPSA) is 126 Å². The summed E-state index contributed by atoms with van der Waals surface area (Å²) in [6.45, 7) is 2.26. The number of halogens is 1. The highest BCUT2D eigenvalue weighted by atomic mass is 35.5. The van der Waals surface area contributed by atoms with Gasteiger partial charge in [-0.3, -0.25) is 14.9 Å². The van der Waals surface area contributed by atoms with Crippen LogP contribution in [0.4, 0.5) is 5.13 Å². The summed E-state index contributed by atoms with van der Waals surface area (Å²) in [5, 5.41) is 24.3. The van der Waals surface area contributed by atoms with Crippen LogP contribution in [-0.4, -0.2) is 45.8 Å². The number of aromatic hydroxyl groups is 1. The van der Waals surface area contributed by atoms with E-state index in [1.165, 1.54) is 12.3 Å². The number of hydrazone groups is 1. The number of phenolic OH excluding ortho intramolecular Hbond substituents is 1. The van der Waals surface area contributed by atoms with Crippen LogP contribution < -0.4 is 15.5 Å². The number of carbonyl (C=O) groups excluding carboxylic acids is 2. The molecule has 1 heterocycles. The number of hydrogen-bond acceptors (Lipinski definition) is 8. The standard InChI is InChI=1S/C15H16ClN5O4S/c1-2-25-11-4-3-9(5-10(11)22)8-17-19-12(23)6-14-20-21-15(26-14)18-13(24)7-16/h3-5,8,22H,2,6-7H2,1H3,(H,19,23)(H,18,21,24). The minimum Gasteiger partial charge on any atom is -0.504 e. The number of ether oxygens (including phenoxy) is 1. The van der Waals surface area contributed by atoms with Crippen molar-refractivity contribution in [3.63, 3.8) is 0 Å². The quantitative estimate of drug-likeness (QED) is 0.352. The first-order valence-electron chi connectivity index (χ1n) is 7.47. The van der Waals surface area contributed by atoms with E-state index in [0.29, 0.717) is 22.9 Å². The molecule has 0 saturated heterocycles. The van der Waals surface area contributed by atoms with Crippen molar-refractivity contribution >= 4 is 46.1 Å². The van der Waals surface area contributed by atoms with E-state index in [-0.39, 0.29) is 23.2 Å². The van der Waals surface area contributed by atoms with Gasteiger partial charge in [0, 0.05) is 0 Å². The Morgan fingerprint density at radius 1 is 1.38 bits per heavy atom. The van der Waals surface area contributed by atoms with Crippen molar-refractivity contribution in [2.45, 2.75) is 13.3 Å². The Morgan fingerprint density at radius 3 is 2.88 bits per heavy atom. The van der Waals surface area contributed by atoms with Crippen LogP contribution in [0.5, 0.6) is 11.5 Å². The molecule has 0 fully saturated rings. The van der Waals surface area contributed by atoms with Gasteiger partial charge in [-0.2, -0.15) is 5.10 Å². The number of anilines is 1. The van der Waals surface area contributed by atoms with E-state index in [1.807, 2.05) is 6.92 Å². The fourth-order valence-electron chi connectivity index (χ4n) is 1.78. The number of carbonyl (C=O) groups is 2. The molecule has 26 heavy (non-hydrogen) atoms. The molecule has 0 bridgehead atoms. The SMILES string of the molecule is CCOc1ccc(C=NNC(=O)Cc2nnc(NC(=O)CCl)s2)cc1O. The van der Waals surface area contributed by atoms with Crippen LogP contribution in [0, 0.1) is 0 Å². The Balaban J connectivity index is 1.85. The first-order valence-corrected chi connectivity index (χ1v) is 8.82. The highest BCUT2D eigenvalue weighted by Gasteiger charge is 2.10. The largest absolute Gasteiger partial charge is 0.504 e. The second-order valence-corrected chi connectivity index (χ2v) is 6.14. The molecule has 0 aliphatic carbocycles. The minimum absolute atomic E-state index is 0.0116. The van der Waals surface area contributed by atoms with E-state index in [1.54, 1.807) is 12.1 Å². The van der Waals surface area contributed by atoms with Crippen molar-refractivity contribution < 1.29 is 19.4 Å². The fourth-order valence-corrected chi connectivity index (χ4v) is 2.60. The number of phenols is 1. The summed E-state index contributed by atoms with van der Waals surface area (Å²) in [5.74, 6) is -0.625. The average molecular weight is 398 g/mol. The van der Waals surface area contributed by atoms with E-state index >= 15 is 0 Å². The van der Waals surface area contributed by atoms with E-state index < -0.39 is 11.8 Å². The summed E-state index contributed by atoms with van der Waals surface area (Å²) in [5.41, 5.74) is 2.94. The van der Waals surface area contributed by atoms with Gasteiger partial charge in [0.2, 0.25) is 16.9 Å². The number of hydrogen-bond donors (Lipinski definition) is 3. The van der Waals surface area contributed by atoms with Crippen molar-refractivity contribution in [2.75, 3.05) is 17.8 Å². The molecule has 3 N–H and O–H groups in total. The summed E-state index contributed by atoms with van der Waals surface area (Å²) in [6, 6.07) is 4.77. The Morgan fingerprint density at radius 2 is 2.19 bits per heavy atom. The van der Waals surface area contributed by atoms with Gasteiger partial charge in [0.05, 0.1) is 19.2 Å². The molecule has 0 aliphatic heterocycles. The maximum Gasteiger partial charge on any atom is 0.247 e. The van der Waals surface area contributed by atoms with Crippen molar-refractivity contribution in [1.82, 2.24) is 15.6 Å². The lowest BCUT2D eigenvalue weighted by Crippen LogP contribution is -2.19. The summed E-state index contributed by atoms with van der Waals surface area (Å²) in [6.07, 6.45) is 1.35. The number of benzene rings is 1. The van der Waals surface area contributed by atoms with E-state index in [2.05, 4.69) is 26.0 Å². The Hall–Kier alpha value is -2.72. The van der Waals surface area contributed by atoms with Gasteiger partial charge >= 0.3 is 0 Å². The molecule has 11 heteroatoms. The molecule has 0 unspecified atom stereocenters. The first-order chi connectivity index (χ1) is 12.5. The summed E-state index contributed by atoms with van der Waals surface area (Å²) in [4.78, 5) is 23.0. The second-order valence-electron chi connectivity index (χ2n) is 4.81. The Kier molecular flexibility index (Phi) is 7.30. The number of amides is 2. The van der Waals surface area contributed by atoms with Gasteiger partial charge < -0.3 is 9.84 Å². The molecule has 138 valence electrons. The lowest BCUT2D eigenvalue weighted by atomic mass is 10.2. The predicted octanol–water partition coefficient (Wildman–Crippen LogP) is 1.51. The minimum atomic E-state index is -0.401. The maximum absolute atomic E-state index is 11.8. The third-order valence-electron chi connectivity index (χ3n) is 2.83. The van der Waals surface area contributed by atoms with Gasteiger partial charge in [0.25, 0.3) is 0 Å². The predicted molar refractivity (Wildman–Crippen MR) is 98.0 cm³/mol. The molecular weight excluding hydrogens is 382 g/mol. The average Bonchev–Trinajstić information content (AvgIpc) is 3.04. The molecular formula is C15H16ClN5O4S. The van der Waals surface area contributed by atoms with Crippen LogP contribution in [-0.2, 0) is 16.0 Å². The molecule has 0 atom stereocenters. The lowest BCUT2D eigenvalue weighted by Gasteiger charge is -2.05. The van der Waals surface area contributed by atoms with Crippen LogP contribution in [0.25, 0.3) is 0 Å². The monoisotopic (exact) mass is 397 g/mol. The Labute approximate surface area is 158 Å². The molecule has 2 rings (SSSR count). The number of nitrogens with zero attached hydrogens (tertiary/aromatic N) is 3. The molecule has 0 saturated carbocycles. The van der Waals surface area contributed by atoms with Gasteiger partial charge in [-0.25, -0.2) is 5.43 Å². The van der Waals surface area contributed by atoms with Crippen molar-refractivity contribution in [3.05, 3.63) is 28.8 Å². The van der Waals surface area contributed by atoms with E-state index in [0.717, 1.165) is 11.3 Å². The molecule has 1 aromatic heterocycles. The second kappa shape index (κ2) is 9.68. The molecule has 2 amide bonds. The van der Waals surface area contributed by atoms with Gasteiger partial charge in [-0.15, -0.1) is 21.8 Å². The summed E-state index contributed by atoms with van der Waals surface area (Å²) >= 11 is 6.45. The normalized spacial score (nSPS) is 10.7. The van der Waals surface area contributed by atoms with Crippen LogP contribution in [0.2, 0.25) is 0 Å². The zero-order valence-electron chi connectivity index (χ0n) is 13.7. The smallest absolute Gasteiger partial charge is 0.247 e. The maximum atomic E-state index is 11.8. The lowest BCUT2D eigenvalue weighted by molar-refractivity contribution is -0.120. The third kappa shape index (κ3) is 5.97. The molecule has 0 aliphatic rings. The fraction of sp³-hybridized carbons (Fsp3) is 0.267.